The minimum absolute atomic E-state index is 0.208. The number of fused-ring (bicyclic) bond motifs is 1. The van der Waals surface area contributed by atoms with Gasteiger partial charge in [-0.3, -0.25) is 0 Å². The van der Waals surface area contributed by atoms with Gasteiger partial charge in [0, 0.05) is 5.56 Å². The quantitative estimate of drug-likeness (QED) is 0.393. The smallest absolute Gasteiger partial charge is 0.293 e. The van der Waals surface area contributed by atoms with Crippen molar-refractivity contribution in [2.45, 2.75) is 36.8 Å². The lowest BCUT2D eigenvalue weighted by Crippen LogP contribution is -2.19. The molecule has 0 aliphatic rings. The first kappa shape index (κ1) is 21.3. The fraction of sp³-hybridized carbons (Fsp3) is 0.217. The molecule has 0 fully saturated rings. The topological polar surface area (TPSA) is 95.9 Å². The van der Waals surface area contributed by atoms with Gasteiger partial charge in [-0.05, 0) is 42.2 Å². The lowest BCUT2D eigenvalue weighted by Gasteiger charge is -2.14. The van der Waals surface area contributed by atoms with Crippen LogP contribution in [0.15, 0.2) is 59.5 Å². The van der Waals surface area contributed by atoms with E-state index in [4.69, 9.17) is 11.6 Å². The number of hydrogen-bond donors (Lipinski definition) is 2. The second-order valence-electron chi connectivity index (χ2n) is 7.34. The SMILES string of the molecule is CCC(CC)S(=O)(=O)c1ccc(-c2ccc(-c3nc4nc(O)[nH]c4cc3Cl)cc2)cc1. The van der Waals surface area contributed by atoms with Gasteiger partial charge in [-0.15, -0.1) is 0 Å². The van der Waals surface area contributed by atoms with Crippen molar-refractivity contribution in [3.63, 3.8) is 0 Å². The van der Waals surface area contributed by atoms with Crippen molar-refractivity contribution in [2.24, 2.45) is 0 Å². The van der Waals surface area contributed by atoms with Gasteiger partial charge in [-0.2, -0.15) is 4.98 Å². The molecule has 0 spiro atoms. The van der Waals surface area contributed by atoms with Gasteiger partial charge in [0.25, 0.3) is 6.01 Å². The molecule has 0 bridgehead atoms. The monoisotopic (exact) mass is 455 g/mol. The highest BCUT2D eigenvalue weighted by Crippen LogP contribution is 2.31. The minimum Gasteiger partial charge on any atom is -0.480 e. The van der Waals surface area contributed by atoms with Crippen LogP contribution >= 0.6 is 11.6 Å². The van der Waals surface area contributed by atoms with E-state index in [-0.39, 0.29) is 11.3 Å². The average Bonchev–Trinajstić information content (AvgIpc) is 3.13. The average molecular weight is 456 g/mol. The molecule has 0 aliphatic heterocycles. The zero-order valence-corrected chi connectivity index (χ0v) is 18.7. The summed E-state index contributed by atoms with van der Waals surface area (Å²) in [6, 6.07) is 16.1. The maximum atomic E-state index is 12.7. The summed E-state index contributed by atoms with van der Waals surface area (Å²) in [7, 11) is -3.31. The fourth-order valence-corrected chi connectivity index (χ4v) is 5.72. The summed E-state index contributed by atoms with van der Waals surface area (Å²) < 4.78 is 25.5. The molecule has 0 saturated carbocycles. The van der Waals surface area contributed by atoms with Crippen molar-refractivity contribution in [1.82, 2.24) is 15.0 Å². The Balaban J connectivity index is 1.62. The molecule has 0 amide bonds. The number of nitrogens with one attached hydrogen (secondary N) is 1. The van der Waals surface area contributed by atoms with Crippen molar-refractivity contribution >= 4 is 32.6 Å². The van der Waals surface area contributed by atoms with E-state index in [1.54, 1.807) is 18.2 Å². The Morgan fingerprint density at radius 2 is 1.48 bits per heavy atom. The first-order chi connectivity index (χ1) is 14.8. The van der Waals surface area contributed by atoms with Crippen LogP contribution in [-0.2, 0) is 9.84 Å². The van der Waals surface area contributed by atoms with Crippen LogP contribution in [0.5, 0.6) is 6.01 Å². The number of aromatic amines is 1. The summed E-state index contributed by atoms with van der Waals surface area (Å²) in [5.74, 6) is 0. The molecule has 0 radical (unpaired) electrons. The molecule has 0 unspecified atom stereocenters. The molecule has 4 aromatic rings. The summed E-state index contributed by atoms with van der Waals surface area (Å²) in [6.45, 7) is 3.80. The number of halogens is 1. The molecule has 4 rings (SSSR count). The van der Waals surface area contributed by atoms with E-state index in [0.717, 1.165) is 16.7 Å². The van der Waals surface area contributed by atoms with Crippen LogP contribution in [0.3, 0.4) is 0 Å². The van der Waals surface area contributed by atoms with Crippen LogP contribution in [0.25, 0.3) is 33.5 Å². The highest BCUT2D eigenvalue weighted by Gasteiger charge is 2.24. The number of nitrogens with zero attached hydrogens (tertiary/aromatic N) is 2. The maximum Gasteiger partial charge on any atom is 0.293 e. The lowest BCUT2D eigenvalue weighted by molar-refractivity contribution is 0.438. The van der Waals surface area contributed by atoms with E-state index in [1.165, 1.54) is 0 Å². The molecular weight excluding hydrogens is 434 g/mol. The molecule has 0 atom stereocenters. The Bertz CT molecular complexity index is 1330. The molecule has 8 heteroatoms. The molecular formula is C23H22ClN3O3S. The normalized spacial score (nSPS) is 12.0. The predicted molar refractivity (Wildman–Crippen MR) is 123 cm³/mol. The van der Waals surface area contributed by atoms with Crippen LogP contribution < -0.4 is 0 Å². The van der Waals surface area contributed by atoms with Gasteiger partial charge in [0.15, 0.2) is 15.5 Å². The van der Waals surface area contributed by atoms with Crippen molar-refractivity contribution in [2.75, 3.05) is 0 Å². The molecule has 160 valence electrons. The first-order valence-corrected chi connectivity index (χ1v) is 12.0. The van der Waals surface area contributed by atoms with E-state index in [1.807, 2.05) is 50.2 Å². The Morgan fingerprint density at radius 1 is 0.935 bits per heavy atom. The Labute approximate surface area is 185 Å². The summed E-state index contributed by atoms with van der Waals surface area (Å²) in [4.78, 5) is 11.4. The summed E-state index contributed by atoms with van der Waals surface area (Å²) >= 11 is 6.36. The molecule has 2 aromatic heterocycles. The number of aromatic hydroxyl groups is 1. The summed E-state index contributed by atoms with van der Waals surface area (Å²) in [5.41, 5.74) is 4.19. The predicted octanol–water partition coefficient (Wildman–Crippen LogP) is 5.61. The number of hydrogen-bond acceptors (Lipinski definition) is 5. The van der Waals surface area contributed by atoms with Crippen LogP contribution in [0.2, 0.25) is 5.02 Å². The van der Waals surface area contributed by atoms with Crippen LogP contribution in [0.4, 0.5) is 0 Å². The van der Waals surface area contributed by atoms with Gasteiger partial charge in [0.1, 0.15) is 0 Å². The zero-order valence-electron chi connectivity index (χ0n) is 17.1. The third-order valence-corrected chi connectivity index (χ3v) is 8.20. The minimum atomic E-state index is -3.31. The number of sulfone groups is 1. The van der Waals surface area contributed by atoms with Gasteiger partial charge in [0.05, 0.1) is 26.4 Å². The fourth-order valence-electron chi connectivity index (χ4n) is 3.69. The molecule has 2 N–H and O–H groups in total. The first-order valence-electron chi connectivity index (χ1n) is 10.0. The third-order valence-electron chi connectivity index (χ3n) is 5.44. The second-order valence-corrected chi connectivity index (χ2v) is 9.97. The van der Waals surface area contributed by atoms with Gasteiger partial charge in [-0.1, -0.05) is 61.8 Å². The van der Waals surface area contributed by atoms with Gasteiger partial charge < -0.3 is 10.1 Å². The van der Waals surface area contributed by atoms with Gasteiger partial charge >= 0.3 is 0 Å². The molecule has 2 aromatic carbocycles. The van der Waals surface area contributed by atoms with Crippen LogP contribution in [0, 0.1) is 0 Å². The highest BCUT2D eigenvalue weighted by atomic mass is 35.5. The molecule has 0 aliphatic carbocycles. The number of benzene rings is 2. The van der Waals surface area contributed by atoms with Crippen molar-refractivity contribution in [1.29, 1.82) is 0 Å². The van der Waals surface area contributed by atoms with Crippen molar-refractivity contribution < 1.29 is 13.5 Å². The molecule has 6 nitrogen and oxygen atoms in total. The maximum absolute atomic E-state index is 12.7. The molecule has 2 heterocycles. The largest absolute Gasteiger partial charge is 0.480 e. The lowest BCUT2D eigenvalue weighted by atomic mass is 10.0. The number of rotatable bonds is 6. The zero-order chi connectivity index (χ0) is 22.2. The number of pyridine rings is 1. The van der Waals surface area contributed by atoms with E-state index in [0.29, 0.717) is 39.6 Å². The van der Waals surface area contributed by atoms with E-state index >= 15 is 0 Å². The van der Waals surface area contributed by atoms with E-state index in [9.17, 15) is 13.5 Å². The Kier molecular flexibility index (Phi) is 5.73. The van der Waals surface area contributed by atoms with Crippen LogP contribution in [-0.4, -0.2) is 33.7 Å². The number of H-pyrrole nitrogens is 1. The Morgan fingerprint density at radius 3 is 2.06 bits per heavy atom. The second kappa shape index (κ2) is 8.32. The van der Waals surface area contributed by atoms with Crippen molar-refractivity contribution in [3.05, 3.63) is 59.6 Å². The van der Waals surface area contributed by atoms with Crippen LogP contribution in [0.1, 0.15) is 26.7 Å². The molecule has 31 heavy (non-hydrogen) atoms. The molecule has 0 saturated heterocycles. The standard InChI is InChI=1S/C23H22ClN3O3S/c1-3-17(4-2)31(29,30)18-11-9-15(10-12-18)14-5-7-16(8-6-14)21-19(24)13-20-22(26-21)27-23(28)25-20/h5-13,17H,3-4H2,1-2H3,(H2,25,26,27,28). The van der Waals surface area contributed by atoms with E-state index < -0.39 is 9.84 Å². The van der Waals surface area contributed by atoms with Gasteiger partial charge in [-0.25, -0.2) is 13.4 Å². The summed E-state index contributed by atoms with van der Waals surface area (Å²) in [5, 5.41) is 9.60. The third kappa shape index (κ3) is 4.03. The van der Waals surface area contributed by atoms with Crippen molar-refractivity contribution in [3.8, 4) is 28.4 Å². The number of aromatic nitrogens is 3. The summed E-state index contributed by atoms with van der Waals surface area (Å²) in [6.07, 6.45) is 1.20. The Hall–Kier alpha value is -2.90. The van der Waals surface area contributed by atoms with E-state index in [2.05, 4.69) is 15.0 Å². The van der Waals surface area contributed by atoms with Gasteiger partial charge in [0.2, 0.25) is 0 Å². The number of imidazole rings is 1. The highest BCUT2D eigenvalue weighted by molar-refractivity contribution is 7.92.